The van der Waals surface area contributed by atoms with Crippen molar-refractivity contribution in [2.24, 2.45) is 5.92 Å². The fourth-order valence-electron chi connectivity index (χ4n) is 10.6. The Kier molecular flexibility index (Phi) is 12.2. The number of nitrogens with one attached hydrogen (secondary N) is 3. The Morgan fingerprint density at radius 3 is 2.40 bits per heavy atom. The summed E-state index contributed by atoms with van der Waals surface area (Å²) in [5.74, 6) is -2.64. The van der Waals surface area contributed by atoms with Crippen LogP contribution in [-0.4, -0.2) is 108 Å². The molecule has 0 aliphatic carbocycles. The van der Waals surface area contributed by atoms with E-state index in [2.05, 4.69) is 60.7 Å². The second-order valence-electron chi connectivity index (χ2n) is 18.7. The van der Waals surface area contributed by atoms with Gasteiger partial charge in [0.2, 0.25) is 11.7 Å². The summed E-state index contributed by atoms with van der Waals surface area (Å²) in [6, 6.07) is 17.4. The molecule has 4 saturated heterocycles. The Bertz CT molecular complexity index is 2880. The monoisotopic (exact) mass is 934 g/mol. The van der Waals surface area contributed by atoms with Crippen LogP contribution in [0.4, 0.5) is 24.5 Å². The van der Waals surface area contributed by atoms with Crippen molar-refractivity contribution in [3.05, 3.63) is 125 Å². The zero-order valence-corrected chi connectivity index (χ0v) is 37.9. The average Bonchev–Trinajstić information content (AvgIpc) is 4.06. The number of piperidine rings is 3. The van der Waals surface area contributed by atoms with Gasteiger partial charge in [-0.2, -0.15) is 12.7 Å². The number of likely N-dealkylation sites (tertiary alicyclic amines) is 1. The van der Waals surface area contributed by atoms with Crippen LogP contribution >= 0.6 is 0 Å². The van der Waals surface area contributed by atoms with E-state index in [1.807, 2.05) is 18.2 Å². The molecule has 5 aromatic rings. The van der Waals surface area contributed by atoms with E-state index in [1.54, 1.807) is 17.2 Å². The molecule has 1 unspecified atom stereocenters. The van der Waals surface area contributed by atoms with Crippen LogP contribution in [0.25, 0.3) is 22.2 Å². The first-order valence-corrected chi connectivity index (χ1v) is 24.7. The molecule has 2 atom stereocenters. The van der Waals surface area contributed by atoms with Crippen LogP contribution in [0.5, 0.6) is 0 Å². The van der Waals surface area contributed by atoms with Crippen molar-refractivity contribution in [2.75, 3.05) is 55.4 Å². The summed E-state index contributed by atoms with van der Waals surface area (Å²) in [6.07, 6.45) is 8.49. The number of rotatable bonds is 12. The van der Waals surface area contributed by atoms with E-state index in [4.69, 9.17) is 0 Å². The number of carbonyl (C=O) groups is 3. The zero-order valence-electron chi connectivity index (χ0n) is 37.1. The number of anilines is 2. The summed E-state index contributed by atoms with van der Waals surface area (Å²) in [6.45, 7) is 8.96. The van der Waals surface area contributed by atoms with Crippen LogP contribution in [0.2, 0.25) is 0 Å². The standard InChI is InChI=1S/C50H53F3N8O5S/c1-30-2-11-44(49(63)56-30)61-28-36-24-38(7-8-39(36)50(61)64)59-21-13-31(14-22-59)12-18-58-19-15-34(16-20-58)32-3-5-33(6-4-32)35-25-40-41(27-55-48(40)54-26-35)47(62)45-42(52)9-10-43(46(45)53)57-67(65,66)60-23-17-37(51)29-60/h3-10,24-27,31,34,37,44,57H,1-2,11-23,28-29H2,(H,54,55)(H,56,63)/t37-,44?/m1/s1. The van der Waals surface area contributed by atoms with Gasteiger partial charge in [-0.15, -0.1) is 0 Å². The number of amides is 2. The fourth-order valence-corrected chi connectivity index (χ4v) is 11.8. The maximum atomic E-state index is 15.8. The minimum atomic E-state index is -4.35. The fraction of sp³-hybridized carbons (Fsp3) is 0.400. The highest BCUT2D eigenvalue weighted by molar-refractivity contribution is 7.90. The summed E-state index contributed by atoms with van der Waals surface area (Å²) < 4.78 is 73.2. The van der Waals surface area contributed by atoms with E-state index < -0.39 is 51.1 Å². The molecule has 10 rings (SSSR count). The predicted octanol–water partition coefficient (Wildman–Crippen LogP) is 7.67. The van der Waals surface area contributed by atoms with Crippen LogP contribution in [0.1, 0.15) is 94.7 Å². The number of aromatic nitrogens is 2. The first kappa shape index (κ1) is 44.8. The molecule has 0 bridgehead atoms. The number of hydrogen-bond acceptors (Lipinski definition) is 8. The lowest BCUT2D eigenvalue weighted by Crippen LogP contribution is -2.49. The molecule has 67 heavy (non-hydrogen) atoms. The number of fused-ring (bicyclic) bond motifs is 2. The highest BCUT2D eigenvalue weighted by Gasteiger charge is 2.39. The lowest BCUT2D eigenvalue weighted by atomic mass is 9.88. The molecule has 2 aromatic heterocycles. The summed E-state index contributed by atoms with van der Waals surface area (Å²) in [5.41, 5.74) is 5.14. The van der Waals surface area contributed by atoms with Gasteiger partial charge in [0.1, 0.15) is 23.7 Å². The Hall–Kier alpha value is -6.04. The smallest absolute Gasteiger partial charge is 0.301 e. The number of nitrogens with zero attached hydrogens (tertiary/aromatic N) is 5. The van der Waals surface area contributed by atoms with Gasteiger partial charge in [0.25, 0.3) is 5.91 Å². The molecular weight excluding hydrogens is 882 g/mol. The normalized spacial score (nSPS) is 21.3. The van der Waals surface area contributed by atoms with E-state index in [9.17, 15) is 27.2 Å². The van der Waals surface area contributed by atoms with Crippen molar-refractivity contribution < 1.29 is 36.0 Å². The highest BCUT2D eigenvalue weighted by Crippen LogP contribution is 2.36. The minimum Gasteiger partial charge on any atom is -0.372 e. The number of halogens is 3. The summed E-state index contributed by atoms with van der Waals surface area (Å²) >= 11 is 0. The Morgan fingerprint density at radius 2 is 1.67 bits per heavy atom. The number of ketones is 1. The third-order valence-corrected chi connectivity index (χ3v) is 16.0. The van der Waals surface area contributed by atoms with Crippen molar-refractivity contribution in [2.45, 2.75) is 76.0 Å². The number of alkyl halides is 1. The quantitative estimate of drug-likeness (QED) is 0.108. The molecule has 3 N–H and O–H groups in total. The molecule has 2 amide bonds. The van der Waals surface area contributed by atoms with Crippen LogP contribution in [-0.2, 0) is 21.5 Å². The minimum absolute atomic E-state index is 0.00952. The second-order valence-corrected chi connectivity index (χ2v) is 20.3. The van der Waals surface area contributed by atoms with Crippen LogP contribution < -0.4 is 14.9 Å². The Labute approximate surface area is 387 Å². The van der Waals surface area contributed by atoms with Gasteiger partial charge < -0.3 is 25.0 Å². The maximum absolute atomic E-state index is 15.8. The molecular formula is C50H53F3N8O5S. The molecule has 0 saturated carbocycles. The third-order valence-electron chi connectivity index (χ3n) is 14.5. The average molecular weight is 935 g/mol. The molecule has 4 fully saturated rings. The number of carbonyl (C=O) groups excluding carboxylic acids is 3. The molecule has 0 radical (unpaired) electrons. The van der Waals surface area contributed by atoms with Gasteiger partial charge in [-0.1, -0.05) is 30.8 Å². The SMILES string of the molecule is C=C1CCC(N2Cc3cc(N4CCC(CCN5CCC(c6ccc(-c7cnc8[nH]cc(C(=O)c9c(F)ccc(NS(=O)(=O)N%10CC[C@@H](F)C%10)c9F)c8c7)cc6)CC5)CC4)ccc3C2=O)C(=O)N1. The topological polar surface area (TPSA) is 151 Å². The van der Waals surface area contributed by atoms with Gasteiger partial charge in [-0.25, -0.2) is 18.2 Å². The van der Waals surface area contributed by atoms with Gasteiger partial charge in [-0.05, 0) is 136 Å². The third kappa shape index (κ3) is 8.96. The number of benzene rings is 3. The van der Waals surface area contributed by atoms with Crippen molar-refractivity contribution in [3.63, 3.8) is 0 Å². The van der Waals surface area contributed by atoms with E-state index >= 15 is 8.78 Å². The highest BCUT2D eigenvalue weighted by atomic mass is 32.2. The van der Waals surface area contributed by atoms with E-state index in [0.29, 0.717) is 59.1 Å². The van der Waals surface area contributed by atoms with Crippen molar-refractivity contribution in [1.29, 1.82) is 0 Å². The lowest BCUT2D eigenvalue weighted by Gasteiger charge is -2.36. The van der Waals surface area contributed by atoms with E-state index in [1.165, 1.54) is 18.2 Å². The molecule has 350 valence electrons. The molecule has 5 aliphatic heterocycles. The van der Waals surface area contributed by atoms with Crippen LogP contribution in [0.3, 0.4) is 0 Å². The Morgan fingerprint density at radius 1 is 0.896 bits per heavy atom. The van der Waals surface area contributed by atoms with Crippen molar-refractivity contribution in [1.82, 2.24) is 29.4 Å². The van der Waals surface area contributed by atoms with E-state index in [0.717, 1.165) is 91.7 Å². The lowest BCUT2D eigenvalue weighted by molar-refractivity contribution is -0.126. The van der Waals surface area contributed by atoms with Crippen LogP contribution in [0, 0.1) is 17.6 Å². The van der Waals surface area contributed by atoms with Crippen LogP contribution in [0.15, 0.2) is 85.3 Å². The first-order valence-electron chi connectivity index (χ1n) is 23.2. The Balaban J connectivity index is 0.711. The number of allylic oxidation sites excluding steroid dienone is 1. The van der Waals surface area contributed by atoms with Gasteiger partial charge in [-0.3, -0.25) is 19.1 Å². The number of pyridine rings is 1. The summed E-state index contributed by atoms with van der Waals surface area (Å²) in [5, 5.41) is 3.16. The maximum Gasteiger partial charge on any atom is 0.301 e. The first-order chi connectivity index (χ1) is 32.3. The van der Waals surface area contributed by atoms with Gasteiger partial charge in [0.15, 0.2) is 5.82 Å². The van der Waals surface area contributed by atoms with Crippen molar-refractivity contribution >= 4 is 50.2 Å². The summed E-state index contributed by atoms with van der Waals surface area (Å²) in [4.78, 5) is 53.7. The zero-order chi connectivity index (χ0) is 46.6. The van der Waals surface area contributed by atoms with Gasteiger partial charge >= 0.3 is 10.2 Å². The molecule has 7 heterocycles. The van der Waals surface area contributed by atoms with E-state index in [-0.39, 0.29) is 36.9 Å². The van der Waals surface area contributed by atoms with Crippen molar-refractivity contribution in [3.8, 4) is 11.1 Å². The number of hydrogen-bond donors (Lipinski definition) is 3. The molecule has 0 spiro atoms. The predicted molar refractivity (Wildman–Crippen MR) is 250 cm³/mol. The second kappa shape index (κ2) is 18.2. The summed E-state index contributed by atoms with van der Waals surface area (Å²) in [7, 11) is -4.35. The number of aromatic amines is 1. The molecule has 3 aromatic carbocycles. The largest absolute Gasteiger partial charge is 0.372 e. The molecule has 13 nitrogen and oxygen atoms in total. The molecule has 5 aliphatic rings. The molecule has 17 heteroatoms. The van der Waals surface area contributed by atoms with Gasteiger partial charge in [0.05, 0.1) is 11.3 Å². The van der Waals surface area contributed by atoms with Gasteiger partial charge in [0, 0.05) is 78.6 Å². The number of H-pyrrole nitrogens is 1.